The van der Waals surface area contributed by atoms with E-state index in [-0.39, 0.29) is 34.6 Å². The third-order valence-corrected chi connectivity index (χ3v) is 6.77. The first-order valence-corrected chi connectivity index (χ1v) is 12.3. The fraction of sp³-hybridized carbons (Fsp3) is 0.700. The summed E-state index contributed by atoms with van der Waals surface area (Å²) in [7, 11) is -3.69. The van der Waals surface area contributed by atoms with Crippen molar-refractivity contribution < 1.29 is 22.7 Å². The summed E-state index contributed by atoms with van der Waals surface area (Å²) < 4.78 is 39.4. The maximum absolute atomic E-state index is 12.7. The highest BCUT2D eigenvalue weighted by atomic mass is 35.5. The maximum atomic E-state index is 12.7. The van der Waals surface area contributed by atoms with Crippen LogP contribution in [0.4, 0.5) is 4.79 Å². The summed E-state index contributed by atoms with van der Waals surface area (Å²) >= 11 is 5.84. The number of piperidine rings is 1. The first-order chi connectivity index (χ1) is 14.1. The van der Waals surface area contributed by atoms with E-state index in [0.717, 1.165) is 25.7 Å². The lowest BCUT2D eigenvalue weighted by Gasteiger charge is -2.33. The van der Waals surface area contributed by atoms with Crippen LogP contribution in [0.5, 0.6) is 5.75 Å². The monoisotopic (exact) mass is 459 g/mol. The molecule has 10 heteroatoms. The average Bonchev–Trinajstić information content (AvgIpc) is 3.48. The van der Waals surface area contributed by atoms with Gasteiger partial charge in [0.05, 0.1) is 24.4 Å². The molecule has 1 N–H and O–H groups in total. The van der Waals surface area contributed by atoms with E-state index in [1.807, 2.05) is 20.8 Å². The molecule has 0 radical (unpaired) electrons. The van der Waals surface area contributed by atoms with Crippen molar-refractivity contribution in [3.05, 3.63) is 18.0 Å². The molecule has 1 aliphatic heterocycles. The van der Waals surface area contributed by atoms with E-state index in [0.29, 0.717) is 25.4 Å². The van der Waals surface area contributed by atoms with Gasteiger partial charge in [0.1, 0.15) is 10.5 Å². The minimum atomic E-state index is -3.69. The van der Waals surface area contributed by atoms with Crippen LogP contribution in [-0.2, 0) is 20.6 Å². The Kier molecular flexibility index (Phi) is 7.14. The normalized spacial score (nSPS) is 18.3. The highest BCUT2D eigenvalue weighted by molar-refractivity contribution is 7.89. The summed E-state index contributed by atoms with van der Waals surface area (Å²) in [5.41, 5.74) is -0.0406. The number of carbonyl (C=O) groups excluding carboxylic acids is 1. The number of alkyl halides is 1. The largest absolute Gasteiger partial charge is 0.490 e. The summed E-state index contributed by atoms with van der Waals surface area (Å²) in [6.45, 7) is 7.06. The van der Waals surface area contributed by atoms with Gasteiger partial charge in [-0.2, -0.15) is 0 Å². The lowest BCUT2D eigenvalue weighted by molar-refractivity contribution is 0.0164. The standard InChI is InChI=1S/C20H30ClN3O5S/c1-20(2,3)29-19(25)24-8-6-14(7-9-24)13-28-17-12-22-16(11-21)10-18(17)30(26,27)23-15-4-5-15/h10,12,14-15,23H,4-9,11,13H2,1-3H3. The molecule has 1 saturated heterocycles. The van der Waals surface area contributed by atoms with Crippen LogP contribution in [0.3, 0.4) is 0 Å². The first kappa shape index (κ1) is 23.1. The van der Waals surface area contributed by atoms with E-state index in [4.69, 9.17) is 21.1 Å². The summed E-state index contributed by atoms with van der Waals surface area (Å²) in [6, 6.07) is 1.46. The molecular weight excluding hydrogens is 430 g/mol. The molecule has 30 heavy (non-hydrogen) atoms. The van der Waals surface area contributed by atoms with Crippen molar-refractivity contribution in [3.8, 4) is 5.75 Å². The van der Waals surface area contributed by atoms with E-state index in [9.17, 15) is 13.2 Å². The first-order valence-electron chi connectivity index (χ1n) is 10.3. The van der Waals surface area contributed by atoms with E-state index in [1.165, 1.54) is 12.3 Å². The van der Waals surface area contributed by atoms with E-state index in [1.54, 1.807) is 4.90 Å². The SMILES string of the molecule is CC(C)(C)OC(=O)N1CCC(COc2cnc(CCl)cc2S(=O)(=O)NC2CC2)CC1. The van der Waals surface area contributed by atoms with Gasteiger partial charge in [0.25, 0.3) is 0 Å². The van der Waals surface area contributed by atoms with Crippen LogP contribution in [0.2, 0.25) is 0 Å². The molecule has 0 spiro atoms. The Labute approximate surface area is 183 Å². The van der Waals surface area contributed by atoms with Gasteiger partial charge in [0.2, 0.25) is 10.0 Å². The van der Waals surface area contributed by atoms with Crippen LogP contribution in [-0.4, -0.2) is 55.7 Å². The van der Waals surface area contributed by atoms with Gasteiger partial charge in [-0.25, -0.2) is 17.9 Å². The van der Waals surface area contributed by atoms with Crippen molar-refractivity contribution in [3.63, 3.8) is 0 Å². The number of amides is 1. The number of halogens is 1. The number of aromatic nitrogens is 1. The predicted octanol–water partition coefficient (Wildman–Crippen LogP) is 3.29. The second-order valence-electron chi connectivity index (χ2n) is 8.87. The number of sulfonamides is 1. The molecule has 2 aliphatic rings. The molecule has 0 unspecified atom stereocenters. The minimum Gasteiger partial charge on any atom is -0.490 e. The molecule has 0 atom stereocenters. The molecule has 0 bridgehead atoms. The predicted molar refractivity (Wildman–Crippen MR) is 113 cm³/mol. The number of ether oxygens (including phenoxy) is 2. The number of nitrogens with zero attached hydrogens (tertiary/aromatic N) is 2. The molecule has 3 rings (SSSR count). The number of likely N-dealkylation sites (tertiary alicyclic amines) is 1. The van der Waals surface area contributed by atoms with Crippen LogP contribution < -0.4 is 9.46 Å². The molecule has 2 fully saturated rings. The number of carbonyl (C=O) groups is 1. The summed E-state index contributed by atoms with van der Waals surface area (Å²) in [4.78, 5) is 18.1. The Hall–Kier alpha value is -1.58. The van der Waals surface area contributed by atoms with Crippen LogP contribution in [0.15, 0.2) is 17.2 Å². The fourth-order valence-corrected chi connectivity index (χ4v) is 4.77. The molecular formula is C20H30ClN3O5S. The van der Waals surface area contributed by atoms with Gasteiger partial charge < -0.3 is 14.4 Å². The Bertz CT molecular complexity index is 860. The summed E-state index contributed by atoms with van der Waals surface area (Å²) in [5.74, 6) is 0.560. The smallest absolute Gasteiger partial charge is 0.410 e. The van der Waals surface area contributed by atoms with Crippen molar-refractivity contribution in [2.24, 2.45) is 5.92 Å². The summed E-state index contributed by atoms with van der Waals surface area (Å²) in [6.07, 6.45) is 4.33. The third-order valence-electron chi connectivity index (χ3n) is 4.95. The Balaban J connectivity index is 1.59. The number of nitrogens with one attached hydrogen (secondary N) is 1. The van der Waals surface area contributed by atoms with Gasteiger partial charge in [0.15, 0.2) is 5.75 Å². The van der Waals surface area contributed by atoms with E-state index < -0.39 is 15.6 Å². The van der Waals surface area contributed by atoms with Crippen molar-refractivity contribution in [1.29, 1.82) is 0 Å². The molecule has 1 aliphatic carbocycles. The second-order valence-corrected chi connectivity index (χ2v) is 10.8. The number of rotatable bonds is 7. The van der Waals surface area contributed by atoms with Gasteiger partial charge in [-0.3, -0.25) is 4.98 Å². The van der Waals surface area contributed by atoms with E-state index >= 15 is 0 Å². The Morgan fingerprint density at radius 2 is 1.93 bits per heavy atom. The van der Waals surface area contributed by atoms with E-state index in [2.05, 4.69) is 9.71 Å². The summed E-state index contributed by atoms with van der Waals surface area (Å²) in [5, 5.41) is 0. The maximum Gasteiger partial charge on any atom is 0.410 e. The zero-order chi connectivity index (χ0) is 21.9. The van der Waals surface area contributed by atoms with Gasteiger partial charge in [-0.15, -0.1) is 11.6 Å². The van der Waals surface area contributed by atoms with Gasteiger partial charge in [0, 0.05) is 19.1 Å². The molecule has 1 amide bonds. The molecule has 1 saturated carbocycles. The Morgan fingerprint density at radius 1 is 1.27 bits per heavy atom. The van der Waals surface area contributed by atoms with Crippen molar-refractivity contribution >= 4 is 27.7 Å². The molecule has 1 aromatic rings. The highest BCUT2D eigenvalue weighted by Crippen LogP contribution is 2.29. The zero-order valence-corrected chi connectivity index (χ0v) is 19.3. The second kappa shape index (κ2) is 9.28. The lowest BCUT2D eigenvalue weighted by atomic mass is 9.98. The average molecular weight is 460 g/mol. The third kappa shape index (κ3) is 6.46. The molecule has 1 aromatic heterocycles. The lowest BCUT2D eigenvalue weighted by Crippen LogP contribution is -2.42. The molecule has 2 heterocycles. The minimum absolute atomic E-state index is 0.00681. The number of hydrogen-bond acceptors (Lipinski definition) is 6. The van der Waals surface area contributed by atoms with Crippen molar-refractivity contribution in [1.82, 2.24) is 14.6 Å². The number of pyridine rings is 1. The zero-order valence-electron chi connectivity index (χ0n) is 17.7. The van der Waals surface area contributed by atoms with Crippen LogP contribution in [0.25, 0.3) is 0 Å². The van der Waals surface area contributed by atoms with Crippen molar-refractivity contribution in [2.75, 3.05) is 19.7 Å². The fourth-order valence-electron chi connectivity index (χ4n) is 3.16. The number of hydrogen-bond donors (Lipinski definition) is 1. The highest BCUT2D eigenvalue weighted by Gasteiger charge is 2.31. The molecule has 0 aromatic carbocycles. The van der Waals surface area contributed by atoms with Crippen LogP contribution in [0.1, 0.15) is 52.1 Å². The molecule has 168 valence electrons. The van der Waals surface area contributed by atoms with Gasteiger partial charge >= 0.3 is 6.09 Å². The van der Waals surface area contributed by atoms with Crippen molar-refractivity contribution in [2.45, 2.75) is 68.9 Å². The van der Waals surface area contributed by atoms with Crippen LogP contribution in [0, 0.1) is 5.92 Å². The van der Waals surface area contributed by atoms with Gasteiger partial charge in [-0.1, -0.05) is 0 Å². The molecule has 8 nitrogen and oxygen atoms in total. The van der Waals surface area contributed by atoms with Gasteiger partial charge in [-0.05, 0) is 58.4 Å². The topological polar surface area (TPSA) is 97.8 Å². The quantitative estimate of drug-likeness (QED) is 0.628. The van der Waals surface area contributed by atoms with Crippen LogP contribution >= 0.6 is 11.6 Å². The Morgan fingerprint density at radius 3 is 2.50 bits per heavy atom.